The molecule has 2 unspecified atom stereocenters. The maximum absolute atomic E-state index is 5.41. The Morgan fingerprint density at radius 3 is 2.42 bits per heavy atom. The Morgan fingerprint density at radius 1 is 1.11 bits per heavy atom. The fraction of sp³-hybridized carbons (Fsp3) is 0.882. The molecule has 112 valence electrons. The molecule has 0 N–H and O–H groups in total. The summed E-state index contributed by atoms with van der Waals surface area (Å²) in [6.07, 6.45) is 9.05. The molecule has 1 rings (SSSR count). The quantitative estimate of drug-likeness (QED) is 0.609. The zero-order chi connectivity index (χ0) is 14.1. The van der Waals surface area contributed by atoms with Crippen molar-refractivity contribution in [3.8, 4) is 0 Å². The first-order valence-corrected chi connectivity index (χ1v) is 8.04. The van der Waals surface area contributed by atoms with Gasteiger partial charge in [-0.1, -0.05) is 31.4 Å². The van der Waals surface area contributed by atoms with Crippen molar-refractivity contribution in [2.45, 2.75) is 65.8 Å². The highest BCUT2D eigenvalue weighted by molar-refractivity contribution is 4.92. The summed E-state index contributed by atoms with van der Waals surface area (Å²) in [7, 11) is 0. The van der Waals surface area contributed by atoms with Crippen LogP contribution in [0.1, 0.15) is 59.8 Å². The molecule has 1 fully saturated rings. The highest BCUT2D eigenvalue weighted by Gasteiger charge is 2.16. The fourth-order valence-corrected chi connectivity index (χ4v) is 2.76. The predicted octanol–water partition coefficient (Wildman–Crippen LogP) is 4.26. The minimum Gasteiger partial charge on any atom is -0.379 e. The number of hydrogen-bond donors (Lipinski definition) is 0. The first-order chi connectivity index (χ1) is 9.09. The monoisotopic (exact) mass is 267 g/mol. The molecule has 0 aliphatic carbocycles. The van der Waals surface area contributed by atoms with Crippen LogP contribution in [0.5, 0.6) is 0 Å². The third-order valence-electron chi connectivity index (χ3n) is 4.20. The van der Waals surface area contributed by atoms with E-state index in [9.17, 15) is 0 Å². The second-order valence-corrected chi connectivity index (χ2v) is 6.39. The molecule has 2 heteroatoms. The van der Waals surface area contributed by atoms with Gasteiger partial charge >= 0.3 is 0 Å². The third-order valence-corrected chi connectivity index (χ3v) is 4.20. The van der Waals surface area contributed by atoms with Crippen LogP contribution in [-0.4, -0.2) is 37.2 Å². The van der Waals surface area contributed by atoms with Gasteiger partial charge in [0.15, 0.2) is 0 Å². The van der Waals surface area contributed by atoms with Crippen LogP contribution in [0.2, 0.25) is 0 Å². The highest BCUT2D eigenvalue weighted by atomic mass is 16.5. The maximum Gasteiger partial charge on any atom is 0.0594 e. The van der Waals surface area contributed by atoms with Crippen LogP contribution in [0.3, 0.4) is 0 Å². The van der Waals surface area contributed by atoms with Crippen molar-refractivity contribution in [2.75, 3.05) is 26.3 Å². The molecular formula is C17H33NO. The van der Waals surface area contributed by atoms with Crippen LogP contribution >= 0.6 is 0 Å². The molecular weight excluding hydrogens is 234 g/mol. The smallest absolute Gasteiger partial charge is 0.0594 e. The van der Waals surface area contributed by atoms with Gasteiger partial charge in [-0.25, -0.2) is 0 Å². The SMILES string of the molecule is CC(C)=CCCC(C)CCCC(C)N1CCOCC1. The summed E-state index contributed by atoms with van der Waals surface area (Å²) in [6, 6.07) is 0.730. The molecule has 19 heavy (non-hydrogen) atoms. The fourth-order valence-electron chi connectivity index (χ4n) is 2.76. The van der Waals surface area contributed by atoms with Crippen LogP contribution in [0.4, 0.5) is 0 Å². The summed E-state index contributed by atoms with van der Waals surface area (Å²) < 4.78 is 5.41. The lowest BCUT2D eigenvalue weighted by atomic mass is 9.96. The average Bonchev–Trinajstić information content (AvgIpc) is 2.39. The normalized spacial score (nSPS) is 20.0. The van der Waals surface area contributed by atoms with Gasteiger partial charge in [0, 0.05) is 19.1 Å². The Labute approximate surface area is 120 Å². The van der Waals surface area contributed by atoms with E-state index in [1.165, 1.54) is 37.7 Å². The van der Waals surface area contributed by atoms with Gasteiger partial charge in [-0.15, -0.1) is 0 Å². The van der Waals surface area contributed by atoms with Crippen LogP contribution in [0.25, 0.3) is 0 Å². The summed E-state index contributed by atoms with van der Waals surface area (Å²) in [6.45, 7) is 13.2. The summed E-state index contributed by atoms with van der Waals surface area (Å²) in [5.41, 5.74) is 1.45. The van der Waals surface area contributed by atoms with Crippen molar-refractivity contribution < 1.29 is 4.74 Å². The van der Waals surface area contributed by atoms with E-state index in [1.54, 1.807) is 0 Å². The molecule has 0 aromatic heterocycles. The second kappa shape index (κ2) is 9.55. The second-order valence-electron chi connectivity index (χ2n) is 6.39. The van der Waals surface area contributed by atoms with Gasteiger partial charge in [-0.05, 0) is 46.0 Å². The van der Waals surface area contributed by atoms with E-state index in [0.717, 1.165) is 38.3 Å². The summed E-state index contributed by atoms with van der Waals surface area (Å²) >= 11 is 0. The predicted molar refractivity (Wildman–Crippen MR) is 83.5 cm³/mol. The summed E-state index contributed by atoms with van der Waals surface area (Å²) in [5, 5.41) is 0. The number of nitrogens with zero attached hydrogens (tertiary/aromatic N) is 1. The van der Waals surface area contributed by atoms with Crippen LogP contribution in [0.15, 0.2) is 11.6 Å². The van der Waals surface area contributed by atoms with Crippen molar-refractivity contribution in [3.05, 3.63) is 11.6 Å². The first-order valence-electron chi connectivity index (χ1n) is 8.04. The Morgan fingerprint density at radius 2 is 1.79 bits per heavy atom. The van der Waals surface area contributed by atoms with E-state index in [2.05, 4.69) is 38.7 Å². The van der Waals surface area contributed by atoms with E-state index in [1.807, 2.05) is 0 Å². The molecule has 1 heterocycles. The molecule has 2 nitrogen and oxygen atoms in total. The average molecular weight is 267 g/mol. The molecule has 0 amide bonds. The van der Waals surface area contributed by atoms with Crippen LogP contribution in [0, 0.1) is 5.92 Å². The molecule has 0 aromatic carbocycles. The van der Waals surface area contributed by atoms with Gasteiger partial charge in [0.1, 0.15) is 0 Å². The topological polar surface area (TPSA) is 12.5 Å². The van der Waals surface area contributed by atoms with E-state index < -0.39 is 0 Å². The zero-order valence-corrected chi connectivity index (χ0v) is 13.5. The molecule has 1 aliphatic rings. The minimum atomic E-state index is 0.730. The van der Waals surface area contributed by atoms with Crippen molar-refractivity contribution >= 4 is 0 Å². The molecule has 0 bridgehead atoms. The van der Waals surface area contributed by atoms with Crippen LogP contribution < -0.4 is 0 Å². The highest BCUT2D eigenvalue weighted by Crippen LogP contribution is 2.17. The lowest BCUT2D eigenvalue weighted by Crippen LogP contribution is -2.42. The first kappa shape index (κ1) is 16.7. The van der Waals surface area contributed by atoms with E-state index >= 15 is 0 Å². The molecule has 1 saturated heterocycles. The van der Waals surface area contributed by atoms with E-state index in [0.29, 0.717) is 0 Å². The Hall–Kier alpha value is -0.340. The summed E-state index contributed by atoms with van der Waals surface area (Å²) in [5.74, 6) is 0.868. The van der Waals surface area contributed by atoms with Gasteiger partial charge in [-0.3, -0.25) is 4.90 Å². The molecule has 0 aromatic rings. The van der Waals surface area contributed by atoms with E-state index in [4.69, 9.17) is 4.74 Å². The number of allylic oxidation sites excluding steroid dienone is 2. The largest absolute Gasteiger partial charge is 0.379 e. The van der Waals surface area contributed by atoms with Gasteiger partial charge in [-0.2, -0.15) is 0 Å². The molecule has 0 saturated carbocycles. The lowest BCUT2D eigenvalue weighted by molar-refractivity contribution is 0.0180. The van der Waals surface area contributed by atoms with Crippen molar-refractivity contribution in [1.29, 1.82) is 0 Å². The summed E-state index contributed by atoms with van der Waals surface area (Å²) in [4.78, 5) is 2.58. The minimum absolute atomic E-state index is 0.730. The number of hydrogen-bond acceptors (Lipinski definition) is 2. The van der Waals surface area contributed by atoms with Crippen molar-refractivity contribution in [1.82, 2.24) is 4.90 Å². The van der Waals surface area contributed by atoms with E-state index in [-0.39, 0.29) is 0 Å². The van der Waals surface area contributed by atoms with Gasteiger partial charge < -0.3 is 4.74 Å². The Bertz CT molecular complexity index is 252. The van der Waals surface area contributed by atoms with Gasteiger partial charge in [0.25, 0.3) is 0 Å². The number of rotatable bonds is 8. The standard InChI is InChI=1S/C17H33NO/c1-15(2)7-5-8-16(3)9-6-10-17(4)18-11-13-19-14-12-18/h7,16-17H,5-6,8-14H2,1-4H3. The number of ether oxygens (including phenoxy) is 1. The zero-order valence-electron chi connectivity index (χ0n) is 13.5. The molecule has 1 aliphatic heterocycles. The maximum atomic E-state index is 5.41. The lowest BCUT2D eigenvalue weighted by Gasteiger charge is -2.32. The van der Waals surface area contributed by atoms with Gasteiger partial charge in [0.2, 0.25) is 0 Å². The van der Waals surface area contributed by atoms with Crippen molar-refractivity contribution in [3.63, 3.8) is 0 Å². The van der Waals surface area contributed by atoms with Crippen LogP contribution in [-0.2, 0) is 4.74 Å². The van der Waals surface area contributed by atoms with Gasteiger partial charge in [0.05, 0.1) is 13.2 Å². The molecule has 2 atom stereocenters. The van der Waals surface area contributed by atoms with Crippen molar-refractivity contribution in [2.24, 2.45) is 5.92 Å². The third kappa shape index (κ3) is 7.74. The molecule has 0 spiro atoms. The Kier molecular flexibility index (Phi) is 8.40. The Balaban J connectivity index is 2.06. The number of morpholine rings is 1. The molecule has 0 radical (unpaired) electrons.